The number of anilines is 2. The molecule has 0 spiro atoms. The maximum Gasteiger partial charge on any atom is 0.149 e. The van der Waals surface area contributed by atoms with Crippen LogP contribution in [-0.2, 0) is 9.84 Å². The lowest BCUT2D eigenvalue weighted by atomic mass is 10.4. The first kappa shape index (κ1) is 10.8. The van der Waals surface area contributed by atoms with Gasteiger partial charge in [0.05, 0.1) is 5.75 Å². The largest absolute Gasteiger partial charge is 0.384 e. The number of nitrogens with one attached hydrogen (secondary N) is 1. The van der Waals surface area contributed by atoms with Gasteiger partial charge in [-0.15, -0.1) is 0 Å². The number of nitrogens with two attached hydrogens (primary N) is 1. The highest BCUT2D eigenvalue weighted by Gasteiger charge is 2.01. The highest BCUT2D eigenvalue weighted by Crippen LogP contribution is 2.08. The van der Waals surface area contributed by atoms with E-state index in [2.05, 4.69) is 10.3 Å². The van der Waals surface area contributed by atoms with E-state index < -0.39 is 9.84 Å². The van der Waals surface area contributed by atoms with E-state index in [4.69, 9.17) is 5.73 Å². The molecule has 5 nitrogen and oxygen atoms in total. The van der Waals surface area contributed by atoms with Crippen molar-refractivity contribution < 1.29 is 8.42 Å². The number of hydrogen-bond acceptors (Lipinski definition) is 5. The second-order valence-electron chi connectivity index (χ2n) is 3.03. The van der Waals surface area contributed by atoms with Crippen LogP contribution in [0.25, 0.3) is 0 Å². The van der Waals surface area contributed by atoms with Gasteiger partial charge in [-0.05, 0) is 6.07 Å². The third kappa shape index (κ3) is 4.08. The molecule has 0 radical (unpaired) electrons. The van der Waals surface area contributed by atoms with E-state index in [0.717, 1.165) is 5.69 Å². The quantitative estimate of drug-likeness (QED) is 0.745. The first-order chi connectivity index (χ1) is 6.47. The Morgan fingerprint density at radius 2 is 2.29 bits per heavy atom. The summed E-state index contributed by atoms with van der Waals surface area (Å²) in [5.41, 5.74) is 6.23. The number of nitrogens with zero attached hydrogens (tertiary/aromatic N) is 1. The van der Waals surface area contributed by atoms with Gasteiger partial charge in [0.2, 0.25) is 0 Å². The smallest absolute Gasteiger partial charge is 0.149 e. The predicted octanol–water partition coefficient (Wildman–Crippen LogP) is 0.120. The van der Waals surface area contributed by atoms with Gasteiger partial charge in [-0.1, -0.05) is 0 Å². The fourth-order valence-electron chi connectivity index (χ4n) is 0.939. The van der Waals surface area contributed by atoms with Crippen LogP contribution in [0.15, 0.2) is 18.3 Å². The molecule has 14 heavy (non-hydrogen) atoms. The van der Waals surface area contributed by atoms with Crippen molar-refractivity contribution in [3.05, 3.63) is 18.3 Å². The van der Waals surface area contributed by atoms with Gasteiger partial charge in [0.15, 0.2) is 0 Å². The molecule has 1 aromatic heterocycles. The van der Waals surface area contributed by atoms with Crippen molar-refractivity contribution in [2.45, 2.75) is 0 Å². The number of rotatable bonds is 4. The molecule has 78 valence electrons. The maximum atomic E-state index is 10.8. The zero-order chi connectivity index (χ0) is 10.6. The van der Waals surface area contributed by atoms with Gasteiger partial charge >= 0.3 is 0 Å². The van der Waals surface area contributed by atoms with Crippen molar-refractivity contribution in [1.29, 1.82) is 0 Å². The van der Waals surface area contributed by atoms with Gasteiger partial charge in [0.25, 0.3) is 0 Å². The van der Waals surface area contributed by atoms with Crippen molar-refractivity contribution in [3.8, 4) is 0 Å². The Labute approximate surface area is 83.3 Å². The van der Waals surface area contributed by atoms with Crippen LogP contribution < -0.4 is 11.1 Å². The molecule has 1 aromatic rings. The molecule has 0 fully saturated rings. The van der Waals surface area contributed by atoms with Crippen LogP contribution in [0.4, 0.5) is 11.5 Å². The SMILES string of the molecule is CS(=O)(=O)CCNc1ccnc(N)c1. The van der Waals surface area contributed by atoms with Gasteiger partial charge < -0.3 is 11.1 Å². The summed E-state index contributed by atoms with van der Waals surface area (Å²) in [5, 5.41) is 2.94. The van der Waals surface area contributed by atoms with E-state index in [-0.39, 0.29) is 5.75 Å². The third-order valence-electron chi connectivity index (χ3n) is 1.58. The lowest BCUT2D eigenvalue weighted by Gasteiger charge is -2.05. The van der Waals surface area contributed by atoms with E-state index in [1.165, 1.54) is 6.26 Å². The van der Waals surface area contributed by atoms with Crippen LogP contribution in [0.2, 0.25) is 0 Å². The van der Waals surface area contributed by atoms with Gasteiger partial charge in [-0.25, -0.2) is 13.4 Å². The van der Waals surface area contributed by atoms with Crippen LogP contribution in [0.3, 0.4) is 0 Å². The Morgan fingerprint density at radius 3 is 2.86 bits per heavy atom. The lowest BCUT2D eigenvalue weighted by Crippen LogP contribution is -2.14. The molecule has 0 aromatic carbocycles. The maximum absolute atomic E-state index is 10.8. The Balaban J connectivity index is 2.47. The fourth-order valence-corrected chi connectivity index (χ4v) is 1.41. The fraction of sp³-hybridized carbons (Fsp3) is 0.375. The van der Waals surface area contributed by atoms with Gasteiger partial charge in [0.1, 0.15) is 15.7 Å². The summed E-state index contributed by atoms with van der Waals surface area (Å²) in [6.07, 6.45) is 2.77. The zero-order valence-corrected chi connectivity index (χ0v) is 8.71. The first-order valence-corrected chi connectivity index (χ1v) is 6.16. The molecule has 3 N–H and O–H groups in total. The summed E-state index contributed by atoms with van der Waals surface area (Å²) in [4.78, 5) is 3.82. The molecule has 0 atom stereocenters. The molecule has 0 saturated carbocycles. The topological polar surface area (TPSA) is 85.1 Å². The van der Waals surface area contributed by atoms with E-state index in [1.54, 1.807) is 18.3 Å². The van der Waals surface area contributed by atoms with Crippen molar-refractivity contribution in [3.63, 3.8) is 0 Å². The normalized spacial score (nSPS) is 11.2. The summed E-state index contributed by atoms with van der Waals surface area (Å²) in [7, 11) is -2.91. The zero-order valence-electron chi connectivity index (χ0n) is 7.90. The molecule has 0 aliphatic heterocycles. The van der Waals surface area contributed by atoms with Gasteiger partial charge in [-0.2, -0.15) is 0 Å². The molecule has 0 aliphatic carbocycles. The number of hydrogen-bond donors (Lipinski definition) is 2. The molecule has 0 amide bonds. The minimum atomic E-state index is -2.91. The van der Waals surface area contributed by atoms with Gasteiger partial charge in [0, 0.05) is 30.8 Å². The molecule has 0 bridgehead atoms. The first-order valence-electron chi connectivity index (χ1n) is 4.10. The van der Waals surface area contributed by atoms with Crippen LogP contribution in [0.1, 0.15) is 0 Å². The van der Waals surface area contributed by atoms with E-state index in [0.29, 0.717) is 12.4 Å². The number of nitrogen functional groups attached to an aromatic ring is 1. The summed E-state index contributed by atoms with van der Waals surface area (Å²) < 4.78 is 21.6. The lowest BCUT2D eigenvalue weighted by molar-refractivity contribution is 0.602. The highest BCUT2D eigenvalue weighted by molar-refractivity contribution is 7.90. The number of aromatic nitrogens is 1. The summed E-state index contributed by atoms with van der Waals surface area (Å²) in [5.74, 6) is 0.518. The molecule has 1 rings (SSSR count). The Hall–Kier alpha value is -1.30. The van der Waals surface area contributed by atoms with E-state index >= 15 is 0 Å². The van der Waals surface area contributed by atoms with Crippen molar-refractivity contribution in [2.24, 2.45) is 0 Å². The second-order valence-corrected chi connectivity index (χ2v) is 5.29. The average molecular weight is 215 g/mol. The third-order valence-corrected chi connectivity index (χ3v) is 2.53. The van der Waals surface area contributed by atoms with Crippen molar-refractivity contribution in [2.75, 3.05) is 29.6 Å². The minimum Gasteiger partial charge on any atom is -0.384 e. The summed E-state index contributed by atoms with van der Waals surface area (Å²) >= 11 is 0. The molecule has 1 heterocycles. The molecule has 6 heteroatoms. The summed E-state index contributed by atoms with van der Waals surface area (Å²) in [6.45, 7) is 0.377. The van der Waals surface area contributed by atoms with E-state index in [1.807, 2.05) is 0 Å². The average Bonchev–Trinajstić information content (AvgIpc) is 2.01. The molecule has 0 saturated heterocycles. The van der Waals surface area contributed by atoms with Crippen LogP contribution in [0, 0.1) is 0 Å². The molecular formula is C8H13N3O2S. The van der Waals surface area contributed by atoms with Crippen LogP contribution >= 0.6 is 0 Å². The van der Waals surface area contributed by atoms with Crippen molar-refractivity contribution in [1.82, 2.24) is 4.98 Å². The molecule has 0 unspecified atom stereocenters. The van der Waals surface area contributed by atoms with Crippen LogP contribution in [-0.4, -0.2) is 32.0 Å². The van der Waals surface area contributed by atoms with Gasteiger partial charge in [-0.3, -0.25) is 0 Å². The standard InChI is InChI=1S/C8H13N3O2S/c1-14(12,13)5-4-10-7-2-3-11-8(9)6-7/h2-3,6H,4-5H2,1H3,(H3,9,10,11). The Bertz CT molecular complexity index is 403. The number of sulfone groups is 1. The Morgan fingerprint density at radius 1 is 1.57 bits per heavy atom. The van der Waals surface area contributed by atoms with Crippen molar-refractivity contribution >= 4 is 21.3 Å². The monoisotopic (exact) mass is 215 g/mol. The highest BCUT2D eigenvalue weighted by atomic mass is 32.2. The van der Waals surface area contributed by atoms with E-state index in [9.17, 15) is 8.42 Å². The Kier molecular flexibility index (Phi) is 3.29. The molecular weight excluding hydrogens is 202 g/mol. The summed E-state index contributed by atoms with van der Waals surface area (Å²) in [6, 6.07) is 3.39. The minimum absolute atomic E-state index is 0.106. The number of pyridine rings is 1. The predicted molar refractivity (Wildman–Crippen MR) is 56.8 cm³/mol. The van der Waals surface area contributed by atoms with Crippen LogP contribution in [0.5, 0.6) is 0 Å². The molecule has 0 aliphatic rings. The second kappa shape index (κ2) is 4.28.